The first-order valence-corrected chi connectivity index (χ1v) is 57.0. The van der Waals surface area contributed by atoms with Crippen molar-refractivity contribution in [3.05, 3.63) is 85.0 Å². The van der Waals surface area contributed by atoms with Crippen molar-refractivity contribution >= 4 is 212 Å². The Kier molecular flexibility index (Phi) is 49.0. The molecule has 0 saturated heterocycles. The van der Waals surface area contributed by atoms with E-state index in [9.17, 15) is 0 Å². The van der Waals surface area contributed by atoms with Crippen LogP contribution >= 0.6 is 212 Å². The summed E-state index contributed by atoms with van der Waals surface area (Å²) in [7, 11) is 10.2. The predicted octanol–water partition coefficient (Wildman–Crippen LogP) is 21.8. The van der Waals surface area contributed by atoms with Crippen LogP contribution in [-0.4, -0.2) is 290 Å². The fourth-order valence-electron chi connectivity index (χ4n) is 12.9. The number of H-pyrrole nitrogens is 3. The van der Waals surface area contributed by atoms with Gasteiger partial charge < -0.3 is 100 Å². The van der Waals surface area contributed by atoms with Crippen LogP contribution in [0.25, 0.3) is 0 Å². The first kappa shape index (κ1) is 106. The van der Waals surface area contributed by atoms with E-state index in [1.54, 1.807) is 42.7 Å². The lowest BCUT2D eigenvalue weighted by Gasteiger charge is -2.39. The molecule has 10 heterocycles. The van der Waals surface area contributed by atoms with E-state index in [2.05, 4.69) is 84.2 Å². The van der Waals surface area contributed by atoms with Gasteiger partial charge in [-0.1, -0.05) is 183 Å². The van der Waals surface area contributed by atoms with Crippen LogP contribution in [0, 0.1) is 11.8 Å². The van der Waals surface area contributed by atoms with Gasteiger partial charge in [0.1, 0.15) is 0 Å². The Morgan fingerprint density at radius 3 is 0.574 bits per heavy atom. The molecule has 690 valence electrons. The number of nitrogens with one attached hydrogen (secondary N) is 3. The molecule has 39 heteroatoms. The zero-order valence-electron chi connectivity index (χ0n) is 73.5. The molecule has 0 aliphatic carbocycles. The van der Waals surface area contributed by atoms with E-state index in [-0.39, 0.29) is 22.7 Å². The van der Waals surface area contributed by atoms with Gasteiger partial charge in [-0.25, -0.2) is 0 Å². The molecule has 2 atom stereocenters. The molecule has 3 N–H and O–H groups in total. The molecule has 0 fully saturated rings. The summed E-state index contributed by atoms with van der Waals surface area (Å²) in [5, 5.41) is 0. The van der Waals surface area contributed by atoms with E-state index in [1.165, 1.54) is 114 Å². The van der Waals surface area contributed by atoms with Crippen molar-refractivity contribution in [3.63, 3.8) is 0 Å². The lowest BCUT2D eigenvalue weighted by molar-refractivity contribution is 0.0286. The number of thioether (sulfide) groups is 18. The minimum Gasteiger partial charge on any atom is -0.382 e. The third-order valence-corrected chi connectivity index (χ3v) is 46.4. The van der Waals surface area contributed by atoms with Gasteiger partial charge in [0.05, 0.1) is 249 Å². The van der Waals surface area contributed by atoms with Crippen LogP contribution in [0.3, 0.4) is 0 Å². The Morgan fingerprint density at radius 2 is 0.385 bits per heavy atom. The maximum atomic E-state index is 6.16. The van der Waals surface area contributed by atoms with Crippen LogP contribution < -0.4 is 0 Å². The molecule has 7 aliphatic rings. The summed E-state index contributed by atoms with van der Waals surface area (Å²) in [5.41, 5.74) is 5.91. The van der Waals surface area contributed by atoms with Crippen LogP contribution in [0.2, 0.25) is 0 Å². The van der Waals surface area contributed by atoms with Gasteiger partial charge in [0.25, 0.3) is 0 Å². The second-order valence-electron chi connectivity index (χ2n) is 30.4. The molecule has 10 rings (SSSR count). The van der Waals surface area contributed by atoms with Gasteiger partial charge >= 0.3 is 0 Å². The Bertz CT molecular complexity index is 3610. The normalized spacial score (nSPS) is 19.3. The lowest BCUT2D eigenvalue weighted by atomic mass is 9.67. The third kappa shape index (κ3) is 30.9. The Balaban J connectivity index is 1.01. The molecule has 122 heavy (non-hydrogen) atoms. The van der Waals surface area contributed by atoms with Gasteiger partial charge in [0.15, 0.2) is 0 Å². The molecule has 0 aromatic carbocycles. The molecule has 2 unspecified atom stereocenters. The minimum absolute atomic E-state index is 0.273. The molecule has 3 aromatic rings. The second kappa shape index (κ2) is 56.4. The summed E-state index contributed by atoms with van der Waals surface area (Å²) >= 11 is 34.7. The molecular weight excluding hydrogens is 1900 g/mol. The van der Waals surface area contributed by atoms with E-state index in [0.29, 0.717) is 198 Å². The second-order valence-corrected chi connectivity index (χ2v) is 52.4. The molecule has 0 radical (unpaired) electrons. The Hall–Kier alpha value is 1.86. The molecular formula is C83H127N3O18S18. The van der Waals surface area contributed by atoms with Crippen molar-refractivity contribution in [1.82, 2.24) is 15.0 Å². The van der Waals surface area contributed by atoms with Gasteiger partial charge in [-0.15, -0.1) is 70.6 Å². The van der Waals surface area contributed by atoms with Crippen molar-refractivity contribution < 1.29 is 85.3 Å². The average molecular weight is 2030 g/mol. The summed E-state index contributed by atoms with van der Waals surface area (Å²) in [6.07, 6.45) is 1.01. The molecule has 6 bridgehead atoms. The molecule has 21 nitrogen and oxygen atoms in total. The van der Waals surface area contributed by atoms with E-state index in [0.717, 1.165) is 40.9 Å². The van der Waals surface area contributed by atoms with E-state index >= 15 is 0 Å². The first-order chi connectivity index (χ1) is 59.2. The Labute approximate surface area is 802 Å². The van der Waals surface area contributed by atoms with Gasteiger partial charge in [-0.3, -0.25) is 0 Å². The summed E-state index contributed by atoms with van der Waals surface area (Å²) < 4.78 is 118. The maximum Gasteiger partial charge on any atom is 0.0717 e. The monoisotopic (exact) mass is 2030 g/mol. The number of aromatic nitrogens is 3. The van der Waals surface area contributed by atoms with E-state index < -0.39 is 10.8 Å². The van der Waals surface area contributed by atoms with E-state index in [4.69, 9.17) is 85.3 Å². The summed E-state index contributed by atoms with van der Waals surface area (Å²) in [5.74, 6) is 5.50. The van der Waals surface area contributed by atoms with Crippen molar-refractivity contribution in [3.8, 4) is 0 Å². The fraction of sp³-hybridized carbons (Fsp3) is 0.711. The highest BCUT2D eigenvalue weighted by atomic mass is 32.3. The minimum atomic E-state index is -0.552. The number of rotatable bonds is 60. The first-order valence-electron chi connectivity index (χ1n) is 41.3. The summed E-state index contributed by atoms with van der Waals surface area (Å²) in [6, 6.07) is 0. The average Bonchev–Trinajstić information content (AvgIpc) is 1.54. The SMILES string of the molecule is COCCOCCOCCSC1=C(SCCOCCOCCOC)SC(=C2Sc3c4[nH]c(c3S2)C(C)(C)c2[nH]c(c3c2SC(=C2SC(SCCOCCOCCOC)=C(SCCOCCOCCOC)S2)S3)C(C)(C)C(C)CC(C)C(C)(C)c2[nH]c(c3c2SC(=C2SC(SCCOCCOCCOC)=C(SCCOCCOCCOC)S2)S3)C4(C)C)S1. The zero-order valence-corrected chi connectivity index (χ0v) is 88.2. The van der Waals surface area contributed by atoms with E-state index in [1.807, 2.05) is 212 Å². The van der Waals surface area contributed by atoms with Gasteiger partial charge in [0.2, 0.25) is 0 Å². The molecule has 0 spiro atoms. The summed E-state index contributed by atoms with van der Waals surface area (Å²) in [6.45, 7) is 41.9. The topological polar surface area (TPSA) is 214 Å². The predicted molar refractivity (Wildman–Crippen MR) is 534 cm³/mol. The van der Waals surface area contributed by atoms with Crippen LogP contribution in [0.15, 0.2) is 80.2 Å². The maximum absolute atomic E-state index is 6.16. The van der Waals surface area contributed by atoms with Crippen molar-refractivity contribution in [1.29, 1.82) is 0 Å². The lowest BCUT2D eigenvalue weighted by Crippen LogP contribution is -2.35. The number of ether oxygens (including phenoxy) is 18. The highest BCUT2D eigenvalue weighted by Crippen LogP contribution is 2.72. The number of hydrogen-bond donors (Lipinski definition) is 3. The Morgan fingerprint density at radius 1 is 0.230 bits per heavy atom. The fourth-order valence-corrected chi connectivity index (χ4v) is 39.9. The van der Waals surface area contributed by atoms with Crippen LogP contribution in [0.1, 0.15) is 110 Å². The van der Waals surface area contributed by atoms with Crippen molar-refractivity contribution in [2.75, 3.05) is 275 Å². The smallest absolute Gasteiger partial charge is 0.0717 e. The number of fused-ring (bicyclic) bond motifs is 15. The van der Waals surface area contributed by atoms with Crippen LogP contribution in [-0.2, 0) is 107 Å². The number of hydrogen-bond acceptors (Lipinski definition) is 36. The molecule has 3 aromatic heterocycles. The molecule has 7 aliphatic heterocycles. The van der Waals surface area contributed by atoms with Crippen LogP contribution in [0.4, 0.5) is 0 Å². The van der Waals surface area contributed by atoms with Crippen molar-refractivity contribution in [2.24, 2.45) is 11.8 Å². The van der Waals surface area contributed by atoms with Crippen molar-refractivity contribution in [2.45, 2.75) is 127 Å². The standard InChI is InChI=1S/C83H127N3O18S18/c1-54-53-55(2)81(5,6)63-57-59(114-75(112-57)78-119-70(107-49-43-101-37-31-95-25-19-89-13)71(120-78)108-50-44-102-38-32-96-26-20-90-14)65(85-63)83(9,10)67-61-60(115-76(116-61)79-121-72(109-51-45-103-39-33-97-27-21-91-15)73(122-79)110-52-46-104-40-34-98-28-22-92-16)66(86-67)82(7,8)64-58-56(62(84-64)80(54,3)4)111-74(113-58)77-117-68(105-47-41-99-35-29-93-23-17-87-11)69(118-77)106-48-42-100-36-30-94-24-18-88-12/h54-55,84-86H,17-53H2,1-16H3. The molecule has 0 amide bonds. The van der Waals surface area contributed by atoms with Gasteiger partial charge in [-0.05, 0) is 46.0 Å². The van der Waals surface area contributed by atoms with Gasteiger partial charge in [0, 0.05) is 162 Å². The zero-order chi connectivity index (χ0) is 86.8. The molecule has 0 saturated carbocycles. The highest BCUT2D eigenvalue weighted by molar-refractivity contribution is 8.44. The highest BCUT2D eigenvalue weighted by Gasteiger charge is 2.50. The summed E-state index contributed by atoms with van der Waals surface area (Å²) in [4.78, 5) is 21.2. The quantitative estimate of drug-likeness (QED) is 0.0448. The van der Waals surface area contributed by atoms with Gasteiger partial charge in [-0.2, -0.15) is 0 Å². The largest absolute Gasteiger partial charge is 0.382 e. The number of methoxy groups -OCH3 is 6. The van der Waals surface area contributed by atoms with Crippen LogP contribution in [0.5, 0.6) is 0 Å². The number of aromatic amines is 3. The third-order valence-electron chi connectivity index (χ3n) is 20.6.